The molecule has 0 aliphatic carbocycles. The lowest BCUT2D eigenvalue weighted by Gasteiger charge is -2.14. The quantitative estimate of drug-likeness (QED) is 0.153. The summed E-state index contributed by atoms with van der Waals surface area (Å²) in [6, 6.07) is 84.2. The fraction of sp³-hybridized carbons (Fsp3) is 0. The Kier molecular flexibility index (Phi) is 9.70. The van der Waals surface area contributed by atoms with Crippen LogP contribution < -0.4 is 0 Å². The number of benzene rings is 10. The van der Waals surface area contributed by atoms with Crippen LogP contribution in [0, 0.1) is 0 Å². The lowest BCUT2D eigenvalue weighted by atomic mass is 9.90. The predicted octanol–water partition coefficient (Wildman–Crippen LogP) is 16.7. The van der Waals surface area contributed by atoms with Gasteiger partial charge in [-0.25, -0.2) is 15.0 Å². The van der Waals surface area contributed by atoms with Crippen molar-refractivity contribution in [1.82, 2.24) is 15.0 Å². The molecule has 0 unspecified atom stereocenters. The molecule has 4 heteroatoms. The molecule has 12 rings (SSSR count). The van der Waals surface area contributed by atoms with E-state index >= 15 is 0 Å². The monoisotopic (exact) mass is 845 g/mol. The molecule has 0 spiro atoms. The van der Waals surface area contributed by atoms with Crippen molar-refractivity contribution >= 4 is 42.3 Å². The lowest BCUT2D eigenvalue weighted by molar-refractivity contribution is 1.07. The second kappa shape index (κ2) is 16.4. The van der Waals surface area contributed by atoms with E-state index in [1.807, 2.05) is 29.5 Å². The molecule has 2 heterocycles. The molecule has 0 fully saturated rings. The molecule has 0 bridgehead atoms. The lowest BCUT2D eigenvalue weighted by Crippen LogP contribution is -2.01. The van der Waals surface area contributed by atoms with Crippen LogP contribution in [0.15, 0.2) is 237 Å². The summed E-state index contributed by atoms with van der Waals surface area (Å²) < 4.78 is 2.64. The Bertz CT molecular complexity index is 3690. The van der Waals surface area contributed by atoms with Gasteiger partial charge in [0.25, 0.3) is 0 Å². The van der Waals surface area contributed by atoms with E-state index in [1.165, 1.54) is 64.3 Å². The van der Waals surface area contributed by atoms with E-state index < -0.39 is 0 Å². The molecule has 3 nitrogen and oxygen atoms in total. The number of nitrogens with zero attached hydrogens (tertiary/aromatic N) is 3. The summed E-state index contributed by atoms with van der Waals surface area (Å²) in [6.07, 6.45) is 0. The number of hydrogen-bond donors (Lipinski definition) is 0. The number of rotatable bonds is 8. The van der Waals surface area contributed by atoms with Gasteiger partial charge in [-0.3, -0.25) is 0 Å². The summed E-state index contributed by atoms with van der Waals surface area (Å²) in [6.45, 7) is 0. The van der Waals surface area contributed by atoms with Crippen LogP contribution in [0.4, 0.5) is 0 Å². The van der Waals surface area contributed by atoms with Crippen LogP contribution in [0.1, 0.15) is 0 Å². The number of hydrogen-bond acceptors (Lipinski definition) is 4. The van der Waals surface area contributed by atoms with Crippen molar-refractivity contribution in [1.29, 1.82) is 0 Å². The molecule has 12 aromatic rings. The van der Waals surface area contributed by atoms with Crippen molar-refractivity contribution < 1.29 is 0 Å². The summed E-state index contributed by atoms with van der Waals surface area (Å²) in [5.74, 6) is 1.88. The summed E-state index contributed by atoms with van der Waals surface area (Å²) in [5, 5.41) is 5.05. The number of thiophene rings is 1. The molecule has 0 saturated heterocycles. The Morgan fingerprint density at radius 3 is 1.34 bits per heavy atom. The van der Waals surface area contributed by atoms with Gasteiger partial charge in [0.2, 0.25) is 0 Å². The maximum Gasteiger partial charge on any atom is 0.164 e. The second-order valence-corrected chi connectivity index (χ2v) is 17.4. The Morgan fingerprint density at radius 2 is 0.646 bits per heavy atom. The number of aromatic nitrogens is 3. The van der Waals surface area contributed by atoms with Crippen LogP contribution in [0.5, 0.6) is 0 Å². The standard InChI is InChI=1S/C61H39N3S/c1-3-14-40(15-4-1)41-26-30-44(31-27-41)59-62-60(64-61(63-59)55-24-10-7-20-49(55)42-16-5-2-6-17-42)45-32-28-43(29-33-45)50-35-36-51(53-22-9-8-21-52(50)53)48-19-13-18-46(38-48)47-34-37-58-56(39-47)54-23-11-12-25-57(54)65-58/h1-39H. The van der Waals surface area contributed by atoms with Gasteiger partial charge in [0.1, 0.15) is 0 Å². The number of fused-ring (bicyclic) bond motifs is 4. The Hall–Kier alpha value is -8.31. The van der Waals surface area contributed by atoms with Gasteiger partial charge < -0.3 is 0 Å². The third-order valence-corrected chi connectivity index (χ3v) is 13.6. The first-order valence-electron chi connectivity index (χ1n) is 21.9. The van der Waals surface area contributed by atoms with Crippen molar-refractivity contribution in [3.05, 3.63) is 237 Å². The zero-order valence-corrected chi connectivity index (χ0v) is 36.1. The molecule has 65 heavy (non-hydrogen) atoms. The minimum absolute atomic E-state index is 0.623. The van der Waals surface area contributed by atoms with E-state index in [0.717, 1.165) is 38.9 Å². The molecule has 2 aromatic heterocycles. The van der Waals surface area contributed by atoms with Crippen LogP contribution >= 0.6 is 11.3 Å². The SMILES string of the molecule is c1ccc(-c2ccc(-c3nc(-c4ccc(-c5ccc(-c6cccc(-c7ccc8sc9ccccc9c8c7)c6)c6ccccc56)cc4)nc(-c4ccccc4-c4ccccc4)n3)cc2)cc1. The molecule has 0 atom stereocenters. The van der Waals surface area contributed by atoms with Crippen molar-refractivity contribution in [3.63, 3.8) is 0 Å². The first kappa shape index (κ1) is 38.4. The highest BCUT2D eigenvalue weighted by molar-refractivity contribution is 7.25. The largest absolute Gasteiger partial charge is 0.208 e. The average molecular weight is 846 g/mol. The van der Waals surface area contributed by atoms with Gasteiger partial charge in [0, 0.05) is 36.9 Å². The first-order chi connectivity index (χ1) is 32.2. The van der Waals surface area contributed by atoms with E-state index in [-0.39, 0.29) is 0 Å². The van der Waals surface area contributed by atoms with Gasteiger partial charge in [0.15, 0.2) is 17.5 Å². The molecule has 0 aliphatic heterocycles. The molecule has 0 radical (unpaired) electrons. The van der Waals surface area contributed by atoms with Gasteiger partial charge in [-0.1, -0.05) is 212 Å². The van der Waals surface area contributed by atoms with Gasteiger partial charge >= 0.3 is 0 Å². The highest BCUT2D eigenvalue weighted by atomic mass is 32.1. The second-order valence-electron chi connectivity index (χ2n) is 16.3. The van der Waals surface area contributed by atoms with E-state index in [1.54, 1.807) is 0 Å². The molecule has 0 aliphatic rings. The van der Waals surface area contributed by atoms with E-state index in [9.17, 15) is 0 Å². The smallest absolute Gasteiger partial charge is 0.164 e. The third-order valence-electron chi connectivity index (χ3n) is 12.4. The van der Waals surface area contributed by atoms with E-state index in [0.29, 0.717) is 17.5 Å². The van der Waals surface area contributed by atoms with E-state index in [2.05, 4.69) is 218 Å². The molecule has 304 valence electrons. The van der Waals surface area contributed by atoms with Gasteiger partial charge in [0.05, 0.1) is 0 Å². The molecule has 10 aromatic carbocycles. The molecule has 0 saturated carbocycles. The van der Waals surface area contributed by atoms with Gasteiger partial charge in [-0.15, -0.1) is 11.3 Å². The Morgan fingerprint density at radius 1 is 0.215 bits per heavy atom. The normalized spacial score (nSPS) is 11.4. The first-order valence-corrected chi connectivity index (χ1v) is 22.7. The van der Waals surface area contributed by atoms with Gasteiger partial charge in [-0.2, -0.15) is 0 Å². The van der Waals surface area contributed by atoms with Gasteiger partial charge in [-0.05, 0) is 90.7 Å². The predicted molar refractivity (Wildman–Crippen MR) is 274 cm³/mol. The van der Waals surface area contributed by atoms with Crippen molar-refractivity contribution in [2.75, 3.05) is 0 Å². The summed E-state index contributed by atoms with van der Waals surface area (Å²) in [7, 11) is 0. The zero-order valence-electron chi connectivity index (χ0n) is 35.3. The summed E-state index contributed by atoms with van der Waals surface area (Å²) in [5.41, 5.74) is 14.4. The van der Waals surface area contributed by atoms with Crippen LogP contribution in [-0.2, 0) is 0 Å². The zero-order chi connectivity index (χ0) is 43.1. The molecule has 0 N–H and O–H groups in total. The fourth-order valence-corrected chi connectivity index (χ4v) is 10.2. The third kappa shape index (κ3) is 7.26. The maximum atomic E-state index is 5.18. The maximum absolute atomic E-state index is 5.18. The van der Waals surface area contributed by atoms with Crippen LogP contribution in [0.3, 0.4) is 0 Å². The molecular formula is C61H39N3S. The average Bonchev–Trinajstić information content (AvgIpc) is 3.77. The van der Waals surface area contributed by atoms with Crippen molar-refractivity contribution in [2.24, 2.45) is 0 Å². The molecular weight excluding hydrogens is 807 g/mol. The highest BCUT2D eigenvalue weighted by Crippen LogP contribution is 2.40. The minimum atomic E-state index is 0.623. The van der Waals surface area contributed by atoms with Crippen molar-refractivity contribution in [2.45, 2.75) is 0 Å². The summed E-state index contributed by atoms with van der Waals surface area (Å²) >= 11 is 1.86. The van der Waals surface area contributed by atoms with E-state index in [4.69, 9.17) is 15.0 Å². The fourth-order valence-electron chi connectivity index (χ4n) is 9.12. The Labute approximate surface area is 381 Å². The topological polar surface area (TPSA) is 38.7 Å². The van der Waals surface area contributed by atoms with Crippen molar-refractivity contribution in [3.8, 4) is 89.8 Å². The summed E-state index contributed by atoms with van der Waals surface area (Å²) in [4.78, 5) is 15.5. The van der Waals surface area contributed by atoms with Crippen LogP contribution in [0.2, 0.25) is 0 Å². The minimum Gasteiger partial charge on any atom is -0.208 e. The molecule has 0 amide bonds. The van der Waals surface area contributed by atoms with Crippen LogP contribution in [0.25, 0.3) is 121 Å². The van der Waals surface area contributed by atoms with Crippen LogP contribution in [-0.4, -0.2) is 15.0 Å². The Balaban J connectivity index is 0.911. The highest BCUT2D eigenvalue weighted by Gasteiger charge is 2.17.